The van der Waals surface area contributed by atoms with Crippen molar-refractivity contribution in [1.82, 2.24) is 20.4 Å². The minimum Gasteiger partial charge on any atom is -0.324 e. The van der Waals surface area contributed by atoms with Crippen molar-refractivity contribution in [2.45, 2.75) is 25.9 Å². The van der Waals surface area contributed by atoms with Gasteiger partial charge in [0.2, 0.25) is 5.91 Å². The summed E-state index contributed by atoms with van der Waals surface area (Å²) >= 11 is 0. The van der Waals surface area contributed by atoms with E-state index < -0.39 is 23.4 Å². The molecular weight excluding hydrogens is 386 g/mol. The molecule has 1 fully saturated rings. The van der Waals surface area contributed by atoms with E-state index in [1.165, 1.54) is 0 Å². The van der Waals surface area contributed by atoms with E-state index in [2.05, 4.69) is 21.0 Å². The van der Waals surface area contributed by atoms with Gasteiger partial charge in [0, 0.05) is 11.1 Å². The Balaban J connectivity index is 1.51. The van der Waals surface area contributed by atoms with Gasteiger partial charge < -0.3 is 10.6 Å². The van der Waals surface area contributed by atoms with Crippen molar-refractivity contribution >= 4 is 34.3 Å². The van der Waals surface area contributed by atoms with Gasteiger partial charge in [0.15, 0.2) is 0 Å². The molecule has 4 amide bonds. The molecule has 3 N–H and O–H groups in total. The van der Waals surface area contributed by atoms with Crippen molar-refractivity contribution < 1.29 is 14.4 Å². The van der Waals surface area contributed by atoms with Crippen LogP contribution in [0.3, 0.4) is 0 Å². The molecule has 1 aromatic heterocycles. The maximum absolute atomic E-state index is 12.6. The number of carbonyl (C=O) groups excluding carboxylic acids is 3. The van der Waals surface area contributed by atoms with Crippen molar-refractivity contribution in [3.8, 4) is 0 Å². The smallest absolute Gasteiger partial charge is 0.322 e. The third-order valence-corrected chi connectivity index (χ3v) is 5.14. The number of aryl methyl sites for hydroxylation is 1. The van der Waals surface area contributed by atoms with Crippen LogP contribution in [0.2, 0.25) is 0 Å². The minimum absolute atomic E-state index is 0.234. The molecule has 0 spiro atoms. The van der Waals surface area contributed by atoms with Crippen LogP contribution in [0.4, 0.5) is 10.5 Å². The summed E-state index contributed by atoms with van der Waals surface area (Å²) in [6.07, 6.45) is 0. The van der Waals surface area contributed by atoms with Gasteiger partial charge in [0.05, 0.1) is 11.1 Å². The zero-order valence-corrected chi connectivity index (χ0v) is 16.4. The van der Waals surface area contributed by atoms with Crippen LogP contribution in [0.15, 0.2) is 53.3 Å². The Kier molecular flexibility index (Phi) is 4.57. The Bertz CT molecular complexity index is 1250. The average molecular weight is 405 g/mol. The van der Waals surface area contributed by atoms with Crippen molar-refractivity contribution in [2.75, 3.05) is 5.32 Å². The Morgan fingerprint density at radius 2 is 1.73 bits per heavy atom. The summed E-state index contributed by atoms with van der Waals surface area (Å²) in [5.74, 6) is -0.855. The summed E-state index contributed by atoms with van der Waals surface area (Å²) in [5.41, 5.74) is 0.221. The highest BCUT2D eigenvalue weighted by molar-refractivity contribution is 6.07. The Hall–Kier alpha value is -4.01. The van der Waals surface area contributed by atoms with Gasteiger partial charge in [0.1, 0.15) is 12.1 Å². The molecule has 1 aliphatic rings. The molecular formula is C21H19N5O4. The quantitative estimate of drug-likeness (QED) is 0.567. The van der Waals surface area contributed by atoms with Gasteiger partial charge in [-0.25, -0.2) is 9.48 Å². The van der Waals surface area contributed by atoms with Crippen LogP contribution < -0.4 is 21.5 Å². The number of aromatic nitrogens is 2. The number of nitrogens with one attached hydrogen (secondary N) is 3. The highest BCUT2D eigenvalue weighted by Gasteiger charge is 2.43. The molecule has 2 heterocycles. The fourth-order valence-corrected chi connectivity index (χ4v) is 3.48. The summed E-state index contributed by atoms with van der Waals surface area (Å²) in [6, 6.07) is 13.1. The van der Waals surface area contributed by atoms with E-state index in [1.54, 1.807) is 50.2 Å². The molecule has 0 aliphatic carbocycles. The highest BCUT2D eigenvalue weighted by Crippen LogP contribution is 2.25. The number of hydrogen-bond acceptors (Lipinski definition) is 5. The van der Waals surface area contributed by atoms with Gasteiger partial charge in [-0.2, -0.15) is 5.10 Å². The van der Waals surface area contributed by atoms with Crippen LogP contribution in [-0.2, 0) is 21.7 Å². The summed E-state index contributed by atoms with van der Waals surface area (Å²) in [4.78, 5) is 48.5. The summed E-state index contributed by atoms with van der Waals surface area (Å²) in [6.45, 7) is 3.15. The average Bonchev–Trinajstić information content (AvgIpc) is 2.99. The van der Waals surface area contributed by atoms with Gasteiger partial charge in [-0.1, -0.05) is 30.3 Å². The second kappa shape index (κ2) is 7.11. The van der Waals surface area contributed by atoms with Crippen LogP contribution in [0.1, 0.15) is 18.2 Å². The third kappa shape index (κ3) is 3.30. The number of anilines is 1. The molecule has 1 saturated heterocycles. The first-order valence-corrected chi connectivity index (χ1v) is 9.28. The predicted molar refractivity (Wildman–Crippen MR) is 110 cm³/mol. The van der Waals surface area contributed by atoms with Crippen molar-refractivity contribution in [2.24, 2.45) is 0 Å². The SMILES string of the molecule is Cc1nn(CC(=O)Nc2ccc(C3(C)NC(=O)NC3=O)cc2)c(=O)c2ccccc12. The molecule has 0 saturated carbocycles. The number of amides is 4. The normalized spacial score (nSPS) is 18.2. The first kappa shape index (κ1) is 19.3. The van der Waals surface area contributed by atoms with Crippen LogP contribution in [0.5, 0.6) is 0 Å². The molecule has 4 rings (SSSR count). The molecule has 0 radical (unpaired) electrons. The number of rotatable bonds is 4. The number of urea groups is 1. The van der Waals surface area contributed by atoms with E-state index in [4.69, 9.17) is 0 Å². The summed E-state index contributed by atoms with van der Waals surface area (Å²) < 4.78 is 1.14. The Labute approximate surface area is 171 Å². The van der Waals surface area contributed by atoms with Gasteiger partial charge in [-0.3, -0.25) is 19.7 Å². The topological polar surface area (TPSA) is 122 Å². The zero-order chi connectivity index (χ0) is 21.5. The lowest BCUT2D eigenvalue weighted by Gasteiger charge is -2.21. The first-order valence-electron chi connectivity index (χ1n) is 9.28. The van der Waals surface area contributed by atoms with Crippen LogP contribution in [0, 0.1) is 6.92 Å². The van der Waals surface area contributed by atoms with Crippen molar-refractivity contribution in [3.05, 3.63) is 70.1 Å². The standard InChI is InChI=1S/C21H19N5O4/c1-12-15-5-3-4-6-16(15)18(28)26(25-12)11-17(27)22-14-9-7-13(8-10-14)21(2)19(29)23-20(30)24-21/h3-10H,11H2,1-2H3,(H,22,27)(H2,23,24,29,30). The molecule has 9 heteroatoms. The fraction of sp³-hybridized carbons (Fsp3) is 0.190. The van der Waals surface area contributed by atoms with E-state index in [0.29, 0.717) is 22.3 Å². The lowest BCUT2D eigenvalue weighted by molar-refractivity contribution is -0.123. The molecule has 0 bridgehead atoms. The molecule has 1 aliphatic heterocycles. The zero-order valence-electron chi connectivity index (χ0n) is 16.4. The molecule has 9 nitrogen and oxygen atoms in total. The summed E-state index contributed by atoms with van der Waals surface area (Å²) in [7, 11) is 0. The van der Waals surface area contributed by atoms with Crippen molar-refractivity contribution in [1.29, 1.82) is 0 Å². The van der Waals surface area contributed by atoms with Gasteiger partial charge in [0.25, 0.3) is 11.5 Å². The number of imide groups is 1. The van der Waals surface area contributed by atoms with E-state index in [-0.39, 0.29) is 12.1 Å². The Morgan fingerprint density at radius 1 is 1.07 bits per heavy atom. The van der Waals surface area contributed by atoms with E-state index in [9.17, 15) is 19.2 Å². The van der Waals surface area contributed by atoms with Crippen LogP contribution in [0.25, 0.3) is 10.8 Å². The van der Waals surface area contributed by atoms with Gasteiger partial charge >= 0.3 is 6.03 Å². The molecule has 30 heavy (non-hydrogen) atoms. The van der Waals surface area contributed by atoms with Gasteiger partial charge in [-0.15, -0.1) is 0 Å². The summed E-state index contributed by atoms with van der Waals surface area (Å²) in [5, 5.41) is 13.0. The lowest BCUT2D eigenvalue weighted by atomic mass is 9.92. The number of carbonyl (C=O) groups is 3. The molecule has 2 aromatic carbocycles. The van der Waals surface area contributed by atoms with E-state index in [1.807, 2.05) is 12.1 Å². The fourth-order valence-electron chi connectivity index (χ4n) is 3.48. The largest absolute Gasteiger partial charge is 0.324 e. The molecule has 1 unspecified atom stereocenters. The number of fused-ring (bicyclic) bond motifs is 1. The van der Waals surface area contributed by atoms with Crippen LogP contribution >= 0.6 is 0 Å². The number of nitrogens with zero attached hydrogens (tertiary/aromatic N) is 2. The maximum Gasteiger partial charge on any atom is 0.322 e. The van der Waals surface area contributed by atoms with Crippen molar-refractivity contribution in [3.63, 3.8) is 0 Å². The molecule has 152 valence electrons. The molecule has 1 atom stereocenters. The second-order valence-electron chi connectivity index (χ2n) is 7.25. The monoisotopic (exact) mass is 405 g/mol. The van der Waals surface area contributed by atoms with Gasteiger partial charge in [-0.05, 0) is 37.6 Å². The minimum atomic E-state index is -1.17. The maximum atomic E-state index is 12.6. The second-order valence-corrected chi connectivity index (χ2v) is 7.25. The number of hydrogen-bond donors (Lipinski definition) is 3. The highest BCUT2D eigenvalue weighted by atomic mass is 16.2. The lowest BCUT2D eigenvalue weighted by Crippen LogP contribution is -2.40. The first-order chi connectivity index (χ1) is 14.3. The third-order valence-electron chi connectivity index (χ3n) is 5.14. The van der Waals surface area contributed by atoms with E-state index >= 15 is 0 Å². The Morgan fingerprint density at radius 3 is 2.37 bits per heavy atom. The van der Waals surface area contributed by atoms with Crippen LogP contribution in [-0.4, -0.2) is 27.6 Å². The number of benzene rings is 2. The van der Waals surface area contributed by atoms with E-state index in [0.717, 1.165) is 10.1 Å². The predicted octanol–water partition coefficient (Wildman–Crippen LogP) is 1.40. The molecule has 3 aromatic rings.